The van der Waals surface area contributed by atoms with Crippen molar-refractivity contribution in [3.05, 3.63) is 47.2 Å². The number of tetrazole rings is 1. The van der Waals surface area contributed by atoms with Gasteiger partial charge in [0.25, 0.3) is 5.91 Å². The van der Waals surface area contributed by atoms with Crippen molar-refractivity contribution in [2.75, 3.05) is 12.4 Å². The molecular formula is C18H18N6O5S. The Balaban J connectivity index is 1.44. The number of thioether (sulfide) groups is 1. The summed E-state index contributed by atoms with van der Waals surface area (Å²) >= 11 is 1.24. The molecule has 30 heavy (non-hydrogen) atoms. The molecule has 0 aliphatic carbocycles. The monoisotopic (exact) mass is 430 g/mol. The molecule has 11 nitrogen and oxygen atoms in total. The van der Waals surface area contributed by atoms with Crippen LogP contribution in [0.2, 0.25) is 0 Å². The van der Waals surface area contributed by atoms with E-state index < -0.39 is 24.1 Å². The van der Waals surface area contributed by atoms with Crippen LogP contribution >= 0.6 is 11.8 Å². The number of hydrogen-bond donors (Lipinski definition) is 2. The molecule has 12 heteroatoms. The number of carbonyl (C=O) groups excluding carboxylic acids is 2. The van der Waals surface area contributed by atoms with Crippen LogP contribution in [0.3, 0.4) is 0 Å². The molecule has 2 atom stereocenters. The first-order valence-electron chi connectivity index (χ1n) is 9.04. The molecule has 2 N–H and O–H groups in total. The standard InChI is InChI=1S/C18H18N6O5S/c1-23-18(20-21-22-23)30-9-11-8-29-16-13(15(26)24(16)14(11)17(27)28)19-12(25)7-10-5-3-2-4-6-10/h2-6,13,16H,7-9H2,1H3,(H,19,25)(H,27,28)/t13-,16?/m1/s1. The molecular weight excluding hydrogens is 412 g/mol. The third-order valence-corrected chi connectivity index (χ3v) is 5.83. The number of β-lactam (4-membered cyclic amide) rings is 1. The minimum atomic E-state index is -1.22. The molecule has 1 fully saturated rings. The van der Waals surface area contributed by atoms with E-state index in [2.05, 4.69) is 20.8 Å². The Hall–Kier alpha value is -3.25. The van der Waals surface area contributed by atoms with E-state index in [0.29, 0.717) is 10.7 Å². The molecule has 2 amide bonds. The van der Waals surface area contributed by atoms with Gasteiger partial charge in [0.1, 0.15) is 5.70 Å². The molecule has 3 heterocycles. The van der Waals surface area contributed by atoms with Crippen LogP contribution in [0, 0.1) is 0 Å². The summed E-state index contributed by atoms with van der Waals surface area (Å²) in [5.74, 6) is -1.82. The van der Waals surface area contributed by atoms with E-state index in [-0.39, 0.29) is 30.4 Å². The SMILES string of the molecule is Cn1nnnc1SCC1=C(C(=O)O)N2C(=O)[C@@H](NC(=O)Cc3ccccc3)C2OC1. The maximum atomic E-state index is 12.6. The normalized spacial score (nSPS) is 20.6. The van der Waals surface area contributed by atoms with Gasteiger partial charge in [0.2, 0.25) is 11.1 Å². The number of aromatic nitrogens is 4. The van der Waals surface area contributed by atoms with Crippen molar-refractivity contribution in [1.29, 1.82) is 0 Å². The number of nitrogens with one attached hydrogen (secondary N) is 1. The number of hydrogen-bond acceptors (Lipinski definition) is 8. The van der Waals surface area contributed by atoms with E-state index in [4.69, 9.17) is 4.74 Å². The van der Waals surface area contributed by atoms with E-state index in [1.807, 2.05) is 30.3 Å². The molecule has 0 saturated carbocycles. The molecule has 1 aromatic carbocycles. The van der Waals surface area contributed by atoms with Crippen LogP contribution in [-0.2, 0) is 32.6 Å². The van der Waals surface area contributed by atoms with Crippen molar-refractivity contribution in [2.45, 2.75) is 23.8 Å². The van der Waals surface area contributed by atoms with Crippen molar-refractivity contribution in [2.24, 2.45) is 7.05 Å². The highest BCUT2D eigenvalue weighted by atomic mass is 32.2. The zero-order valence-corrected chi connectivity index (χ0v) is 16.7. The van der Waals surface area contributed by atoms with Crippen molar-refractivity contribution in [1.82, 2.24) is 30.4 Å². The largest absolute Gasteiger partial charge is 0.477 e. The van der Waals surface area contributed by atoms with Gasteiger partial charge in [-0.25, -0.2) is 9.48 Å². The zero-order valence-electron chi connectivity index (χ0n) is 15.9. The van der Waals surface area contributed by atoms with Gasteiger partial charge in [-0.05, 0) is 21.6 Å². The summed E-state index contributed by atoms with van der Waals surface area (Å²) in [5, 5.41) is 23.9. The van der Waals surface area contributed by atoms with Gasteiger partial charge in [0, 0.05) is 12.8 Å². The average molecular weight is 430 g/mol. The molecule has 156 valence electrons. The topological polar surface area (TPSA) is 140 Å². The van der Waals surface area contributed by atoms with Gasteiger partial charge in [0.05, 0.1) is 13.0 Å². The number of aryl methyl sites for hydroxylation is 1. The summed E-state index contributed by atoms with van der Waals surface area (Å²) in [7, 11) is 1.67. The highest BCUT2D eigenvalue weighted by Crippen LogP contribution is 2.34. The zero-order chi connectivity index (χ0) is 21.3. The second-order valence-corrected chi connectivity index (χ2v) is 7.69. The molecule has 4 rings (SSSR count). The fourth-order valence-electron chi connectivity index (χ4n) is 3.30. The fourth-order valence-corrected chi connectivity index (χ4v) is 4.14. The van der Waals surface area contributed by atoms with E-state index in [0.717, 1.165) is 10.5 Å². The third-order valence-electron chi connectivity index (χ3n) is 4.73. The Kier molecular flexibility index (Phi) is 5.50. The predicted octanol–water partition coefficient (Wildman–Crippen LogP) is -0.433. The first-order valence-corrected chi connectivity index (χ1v) is 10.0. The van der Waals surface area contributed by atoms with Crippen LogP contribution < -0.4 is 5.32 Å². The Labute approximate surface area is 175 Å². The quantitative estimate of drug-likeness (QED) is 0.442. The lowest BCUT2D eigenvalue weighted by Crippen LogP contribution is -2.73. The number of carboxylic acid groups (broad SMARTS) is 1. The molecule has 0 spiro atoms. The second-order valence-electron chi connectivity index (χ2n) is 6.75. The summed E-state index contributed by atoms with van der Waals surface area (Å²) in [4.78, 5) is 37.8. The fraction of sp³-hybridized carbons (Fsp3) is 0.333. The molecule has 2 aromatic rings. The molecule has 1 saturated heterocycles. The van der Waals surface area contributed by atoms with Gasteiger partial charge in [-0.1, -0.05) is 42.1 Å². The summed E-state index contributed by atoms with van der Waals surface area (Å²) in [6.45, 7) is 0.0272. The molecule has 0 bridgehead atoms. The second kappa shape index (κ2) is 8.24. The van der Waals surface area contributed by atoms with Gasteiger partial charge >= 0.3 is 5.97 Å². The summed E-state index contributed by atoms with van der Waals surface area (Å²) in [6.07, 6.45) is -0.722. The maximum Gasteiger partial charge on any atom is 0.352 e. The Bertz CT molecular complexity index is 1020. The molecule has 2 aliphatic rings. The molecule has 0 radical (unpaired) electrons. The average Bonchev–Trinajstić information content (AvgIpc) is 3.15. The number of aliphatic carboxylic acids is 1. The first-order chi connectivity index (χ1) is 14.5. The van der Waals surface area contributed by atoms with Crippen LogP contribution in [0.5, 0.6) is 0 Å². The Morgan fingerprint density at radius 2 is 2.10 bits per heavy atom. The van der Waals surface area contributed by atoms with Gasteiger partial charge in [-0.3, -0.25) is 14.5 Å². The van der Waals surface area contributed by atoms with Crippen molar-refractivity contribution in [3.8, 4) is 0 Å². The van der Waals surface area contributed by atoms with Crippen molar-refractivity contribution >= 4 is 29.5 Å². The van der Waals surface area contributed by atoms with Crippen LogP contribution in [0.4, 0.5) is 0 Å². The van der Waals surface area contributed by atoms with Crippen molar-refractivity contribution < 1.29 is 24.2 Å². The molecule has 1 aromatic heterocycles. The smallest absolute Gasteiger partial charge is 0.352 e. The van der Waals surface area contributed by atoms with Gasteiger partial charge in [-0.15, -0.1) is 5.10 Å². The van der Waals surface area contributed by atoms with Crippen molar-refractivity contribution in [3.63, 3.8) is 0 Å². The number of nitrogens with zero attached hydrogens (tertiary/aromatic N) is 5. The van der Waals surface area contributed by atoms with E-state index >= 15 is 0 Å². The maximum absolute atomic E-state index is 12.6. The third kappa shape index (κ3) is 3.78. The van der Waals surface area contributed by atoms with E-state index in [1.54, 1.807) is 7.05 Å². The lowest BCUT2D eigenvalue weighted by Gasteiger charge is -2.49. The summed E-state index contributed by atoms with van der Waals surface area (Å²) in [5.41, 5.74) is 1.13. The number of amides is 2. The minimum Gasteiger partial charge on any atom is -0.477 e. The lowest BCUT2D eigenvalue weighted by molar-refractivity contribution is -0.184. The van der Waals surface area contributed by atoms with Crippen LogP contribution in [0.1, 0.15) is 5.56 Å². The number of benzene rings is 1. The number of rotatable bonds is 7. The Morgan fingerprint density at radius 1 is 1.33 bits per heavy atom. The number of ether oxygens (including phenoxy) is 1. The van der Waals surface area contributed by atoms with Gasteiger partial charge in [-0.2, -0.15) is 0 Å². The number of carbonyl (C=O) groups is 3. The lowest BCUT2D eigenvalue weighted by atomic mass is 9.98. The number of carboxylic acids is 1. The summed E-state index contributed by atoms with van der Waals surface area (Å²) in [6, 6.07) is 8.21. The number of fused-ring (bicyclic) bond motifs is 1. The Morgan fingerprint density at radius 3 is 2.77 bits per heavy atom. The van der Waals surface area contributed by atoms with Gasteiger partial charge < -0.3 is 15.2 Å². The van der Waals surface area contributed by atoms with Crippen LogP contribution in [0.25, 0.3) is 0 Å². The predicted molar refractivity (Wildman–Crippen MR) is 103 cm³/mol. The molecule has 2 aliphatic heterocycles. The minimum absolute atomic E-state index is 0.0272. The highest BCUT2D eigenvalue weighted by molar-refractivity contribution is 7.99. The van der Waals surface area contributed by atoms with Gasteiger partial charge in [0.15, 0.2) is 12.3 Å². The summed E-state index contributed by atoms with van der Waals surface area (Å²) < 4.78 is 7.17. The van der Waals surface area contributed by atoms with E-state index in [9.17, 15) is 19.5 Å². The van der Waals surface area contributed by atoms with Crippen LogP contribution in [-0.4, -0.2) is 72.6 Å². The van der Waals surface area contributed by atoms with E-state index in [1.165, 1.54) is 16.4 Å². The van der Waals surface area contributed by atoms with Crippen LogP contribution in [0.15, 0.2) is 46.8 Å². The first kappa shape index (κ1) is 20.0. The molecule has 1 unspecified atom stereocenters. The highest BCUT2D eigenvalue weighted by Gasteiger charge is 2.54.